The van der Waals surface area contributed by atoms with Crippen LogP contribution >= 0.6 is 0 Å². The topological polar surface area (TPSA) is 90.9 Å². The second-order valence-corrected chi connectivity index (χ2v) is 5.77. The summed E-state index contributed by atoms with van der Waals surface area (Å²) < 4.78 is 5.09. The Bertz CT molecular complexity index is 349. The van der Waals surface area contributed by atoms with Crippen LogP contribution in [0.15, 0.2) is 0 Å². The molecule has 0 saturated carbocycles. The van der Waals surface area contributed by atoms with Crippen molar-refractivity contribution in [1.29, 1.82) is 0 Å². The number of rotatable bonds is 8. The fourth-order valence-electron chi connectivity index (χ4n) is 2.11. The van der Waals surface area contributed by atoms with Gasteiger partial charge in [0.05, 0.1) is 19.3 Å². The van der Waals surface area contributed by atoms with Crippen molar-refractivity contribution in [2.24, 2.45) is 5.92 Å². The average molecular weight is 301 g/mol. The van der Waals surface area contributed by atoms with Gasteiger partial charge >= 0.3 is 12.0 Å². The van der Waals surface area contributed by atoms with Gasteiger partial charge in [-0.2, -0.15) is 0 Å². The van der Waals surface area contributed by atoms with E-state index in [2.05, 4.69) is 36.4 Å². The molecule has 0 spiro atoms. The van der Waals surface area contributed by atoms with Crippen LogP contribution in [0.5, 0.6) is 0 Å². The van der Waals surface area contributed by atoms with Crippen LogP contribution in [0.4, 0.5) is 4.79 Å². The standard InChI is InChI=1S/C14H27N3O4/c1-10(2)17(3)7-5-4-6-15-14(20)16-12-9-21-8-11(12)13(18)19/h10-12H,4-9H2,1-3H3,(H,18,19)(H2,15,16,20). The summed E-state index contributed by atoms with van der Waals surface area (Å²) in [6, 6.07) is -0.250. The van der Waals surface area contributed by atoms with Crippen molar-refractivity contribution < 1.29 is 19.4 Å². The van der Waals surface area contributed by atoms with Crippen LogP contribution in [0.1, 0.15) is 26.7 Å². The highest BCUT2D eigenvalue weighted by atomic mass is 16.5. The lowest BCUT2D eigenvalue weighted by Crippen LogP contribution is -2.47. The largest absolute Gasteiger partial charge is 0.481 e. The van der Waals surface area contributed by atoms with Gasteiger partial charge in [0.1, 0.15) is 5.92 Å². The number of aliphatic carboxylic acids is 1. The lowest BCUT2D eigenvalue weighted by atomic mass is 10.0. The molecule has 21 heavy (non-hydrogen) atoms. The van der Waals surface area contributed by atoms with Crippen molar-refractivity contribution in [1.82, 2.24) is 15.5 Å². The van der Waals surface area contributed by atoms with Crippen LogP contribution in [0.2, 0.25) is 0 Å². The molecule has 0 aromatic rings. The van der Waals surface area contributed by atoms with Crippen LogP contribution in [0, 0.1) is 5.92 Å². The van der Waals surface area contributed by atoms with Crippen LogP contribution in [0.3, 0.4) is 0 Å². The zero-order chi connectivity index (χ0) is 15.8. The predicted octanol–water partition coefficient (Wildman–Crippen LogP) is 0.506. The Balaban J connectivity index is 2.13. The van der Waals surface area contributed by atoms with Crippen LogP contribution in [-0.2, 0) is 9.53 Å². The van der Waals surface area contributed by atoms with E-state index in [-0.39, 0.29) is 19.2 Å². The lowest BCUT2D eigenvalue weighted by molar-refractivity contribution is -0.142. The number of nitrogens with one attached hydrogen (secondary N) is 2. The fourth-order valence-corrected chi connectivity index (χ4v) is 2.11. The van der Waals surface area contributed by atoms with Gasteiger partial charge in [-0.3, -0.25) is 4.79 Å². The van der Waals surface area contributed by atoms with Gasteiger partial charge in [-0.15, -0.1) is 0 Å². The highest BCUT2D eigenvalue weighted by molar-refractivity contribution is 5.77. The maximum absolute atomic E-state index is 11.7. The Labute approximate surface area is 126 Å². The predicted molar refractivity (Wildman–Crippen MR) is 79.3 cm³/mol. The summed E-state index contributed by atoms with van der Waals surface area (Å²) in [7, 11) is 2.08. The monoisotopic (exact) mass is 301 g/mol. The van der Waals surface area contributed by atoms with Gasteiger partial charge in [0.25, 0.3) is 0 Å². The summed E-state index contributed by atoms with van der Waals surface area (Å²) >= 11 is 0. The first-order chi connectivity index (χ1) is 9.91. The van der Waals surface area contributed by atoms with Gasteiger partial charge in [0.15, 0.2) is 0 Å². The van der Waals surface area contributed by atoms with Crippen LogP contribution < -0.4 is 10.6 Å². The van der Waals surface area contributed by atoms with Crippen LogP contribution in [-0.4, -0.2) is 67.4 Å². The number of nitrogens with zero attached hydrogens (tertiary/aromatic N) is 1. The van der Waals surface area contributed by atoms with Crippen molar-refractivity contribution in [2.75, 3.05) is 33.4 Å². The van der Waals surface area contributed by atoms with Gasteiger partial charge in [0.2, 0.25) is 0 Å². The van der Waals surface area contributed by atoms with Gasteiger partial charge in [-0.25, -0.2) is 4.79 Å². The molecular weight excluding hydrogens is 274 g/mol. The third-order valence-electron chi connectivity index (χ3n) is 3.82. The first-order valence-corrected chi connectivity index (χ1v) is 7.47. The number of carboxylic acids is 1. The van der Waals surface area contributed by atoms with Gasteiger partial charge in [-0.1, -0.05) is 0 Å². The number of carboxylic acid groups (broad SMARTS) is 1. The van der Waals surface area contributed by atoms with Crippen molar-refractivity contribution in [2.45, 2.75) is 38.8 Å². The second kappa shape index (κ2) is 8.84. The first-order valence-electron chi connectivity index (χ1n) is 7.47. The second-order valence-electron chi connectivity index (χ2n) is 5.77. The maximum Gasteiger partial charge on any atom is 0.315 e. The molecule has 1 aliphatic rings. The van der Waals surface area contributed by atoms with Gasteiger partial charge in [-0.05, 0) is 40.3 Å². The number of unbranched alkanes of at least 4 members (excludes halogenated alkanes) is 1. The fraction of sp³-hybridized carbons (Fsp3) is 0.857. The molecule has 2 atom stereocenters. The summed E-state index contributed by atoms with van der Waals surface area (Å²) in [6.07, 6.45) is 1.91. The first kappa shape index (κ1) is 17.7. The zero-order valence-corrected chi connectivity index (χ0v) is 13.1. The third-order valence-corrected chi connectivity index (χ3v) is 3.82. The molecule has 0 radical (unpaired) electrons. The Morgan fingerprint density at radius 1 is 1.33 bits per heavy atom. The summed E-state index contributed by atoms with van der Waals surface area (Å²) in [5.41, 5.74) is 0. The molecule has 1 fully saturated rings. The summed E-state index contributed by atoms with van der Waals surface area (Å²) in [4.78, 5) is 24.9. The highest BCUT2D eigenvalue weighted by Gasteiger charge is 2.34. The van der Waals surface area contributed by atoms with Crippen molar-refractivity contribution in [3.8, 4) is 0 Å². The molecule has 0 aromatic carbocycles. The molecule has 1 rings (SSSR count). The Kier molecular flexibility index (Phi) is 7.45. The number of carbonyl (C=O) groups is 2. The molecule has 3 N–H and O–H groups in total. The molecule has 7 heteroatoms. The molecule has 0 aliphatic carbocycles. The maximum atomic E-state index is 11.7. The minimum absolute atomic E-state index is 0.155. The molecule has 1 aliphatic heterocycles. The van der Waals surface area contributed by atoms with Gasteiger partial charge in [0, 0.05) is 12.6 Å². The van der Waals surface area contributed by atoms with E-state index in [1.54, 1.807) is 0 Å². The Hall–Kier alpha value is -1.34. The smallest absolute Gasteiger partial charge is 0.315 e. The molecule has 122 valence electrons. The van der Waals surface area contributed by atoms with E-state index in [1.165, 1.54) is 0 Å². The Morgan fingerprint density at radius 2 is 2.05 bits per heavy atom. The summed E-state index contributed by atoms with van der Waals surface area (Å²) in [6.45, 7) is 6.29. The molecule has 2 unspecified atom stereocenters. The normalized spacial score (nSPS) is 21.8. The number of urea groups is 1. The molecule has 1 heterocycles. The van der Waals surface area contributed by atoms with Crippen molar-refractivity contribution in [3.05, 3.63) is 0 Å². The highest BCUT2D eigenvalue weighted by Crippen LogP contribution is 2.13. The summed E-state index contributed by atoms with van der Waals surface area (Å²) in [5, 5.41) is 14.4. The molecule has 0 aromatic heterocycles. The van der Waals surface area contributed by atoms with Crippen molar-refractivity contribution >= 4 is 12.0 Å². The minimum Gasteiger partial charge on any atom is -0.481 e. The SMILES string of the molecule is CC(C)N(C)CCCCNC(=O)NC1COCC1C(=O)O. The Morgan fingerprint density at radius 3 is 2.67 bits per heavy atom. The number of ether oxygens (including phenoxy) is 1. The third kappa shape index (κ3) is 6.31. The zero-order valence-electron chi connectivity index (χ0n) is 13.1. The van der Waals surface area contributed by atoms with E-state index in [1.807, 2.05) is 0 Å². The quantitative estimate of drug-likeness (QED) is 0.568. The molecule has 0 bridgehead atoms. The van der Waals surface area contributed by atoms with E-state index < -0.39 is 17.9 Å². The minimum atomic E-state index is -0.936. The van der Waals surface area contributed by atoms with E-state index in [0.29, 0.717) is 12.6 Å². The van der Waals surface area contributed by atoms with E-state index in [9.17, 15) is 9.59 Å². The molecular formula is C14H27N3O4. The van der Waals surface area contributed by atoms with Crippen molar-refractivity contribution in [3.63, 3.8) is 0 Å². The number of hydrogen-bond acceptors (Lipinski definition) is 4. The van der Waals surface area contributed by atoms with E-state index >= 15 is 0 Å². The average Bonchev–Trinajstić information content (AvgIpc) is 2.86. The molecule has 1 saturated heterocycles. The van der Waals surface area contributed by atoms with Gasteiger partial charge < -0.3 is 25.4 Å². The molecule has 2 amide bonds. The number of hydrogen-bond donors (Lipinski definition) is 3. The van der Waals surface area contributed by atoms with E-state index in [4.69, 9.17) is 9.84 Å². The number of amides is 2. The molecule has 7 nitrogen and oxygen atoms in total. The van der Waals surface area contributed by atoms with Crippen LogP contribution in [0.25, 0.3) is 0 Å². The lowest BCUT2D eigenvalue weighted by Gasteiger charge is -2.20. The summed E-state index contributed by atoms with van der Waals surface area (Å²) in [5.74, 6) is -1.59. The number of carbonyl (C=O) groups excluding carboxylic acids is 1. The van der Waals surface area contributed by atoms with E-state index in [0.717, 1.165) is 19.4 Å².